The van der Waals surface area contributed by atoms with Crippen molar-refractivity contribution < 1.29 is 4.79 Å². The van der Waals surface area contributed by atoms with Crippen LogP contribution in [0.4, 0.5) is 0 Å². The molecule has 2 saturated heterocycles. The van der Waals surface area contributed by atoms with Gasteiger partial charge in [-0.05, 0) is 56.3 Å². The first-order valence-electron chi connectivity index (χ1n) is 9.00. The summed E-state index contributed by atoms with van der Waals surface area (Å²) in [5.41, 5.74) is 1.33. The molecule has 0 radical (unpaired) electrons. The van der Waals surface area contributed by atoms with Crippen molar-refractivity contribution in [3.05, 3.63) is 35.9 Å². The van der Waals surface area contributed by atoms with Gasteiger partial charge in [-0.15, -0.1) is 0 Å². The van der Waals surface area contributed by atoms with E-state index >= 15 is 0 Å². The minimum atomic E-state index is 0.0788. The Morgan fingerprint density at radius 1 is 1.21 bits per heavy atom. The van der Waals surface area contributed by atoms with E-state index < -0.39 is 0 Å². The lowest BCUT2D eigenvalue weighted by atomic mass is 9.82. The van der Waals surface area contributed by atoms with Crippen LogP contribution in [-0.4, -0.2) is 40.6 Å². The predicted molar refractivity (Wildman–Crippen MR) is 101 cm³/mol. The van der Waals surface area contributed by atoms with Crippen LogP contribution in [0.1, 0.15) is 44.6 Å². The standard InChI is InChI=1S/C19H27N3OS/c1-14(23)21-16-12-17-8-5-9-18(13-16)22(17)19(24)20-11-10-15-6-3-2-4-7-15/h2-4,6-7,16-18H,5,8-13H2,1H3,(H,20,24)(H,21,23). The highest BCUT2D eigenvalue weighted by molar-refractivity contribution is 7.80. The number of amides is 1. The van der Waals surface area contributed by atoms with E-state index in [4.69, 9.17) is 12.2 Å². The Bertz CT molecular complexity index is 563. The Labute approximate surface area is 150 Å². The Morgan fingerprint density at radius 3 is 2.50 bits per heavy atom. The highest BCUT2D eigenvalue weighted by Gasteiger charge is 2.39. The van der Waals surface area contributed by atoms with Crippen LogP contribution in [0.2, 0.25) is 0 Å². The topological polar surface area (TPSA) is 44.4 Å². The molecule has 0 aliphatic carbocycles. The molecular formula is C19H27N3OS. The Morgan fingerprint density at radius 2 is 1.88 bits per heavy atom. The largest absolute Gasteiger partial charge is 0.362 e. The fourth-order valence-electron chi connectivity index (χ4n) is 4.17. The molecule has 1 aromatic carbocycles. The van der Waals surface area contributed by atoms with Gasteiger partial charge in [-0.25, -0.2) is 0 Å². The average Bonchev–Trinajstić information content (AvgIpc) is 2.54. The maximum Gasteiger partial charge on any atom is 0.217 e. The number of thiocarbonyl (C=S) groups is 1. The van der Waals surface area contributed by atoms with E-state index in [-0.39, 0.29) is 5.91 Å². The molecule has 5 heteroatoms. The summed E-state index contributed by atoms with van der Waals surface area (Å²) in [7, 11) is 0. The minimum absolute atomic E-state index is 0.0788. The molecule has 1 aromatic rings. The number of hydrogen-bond donors (Lipinski definition) is 2. The number of nitrogens with zero attached hydrogens (tertiary/aromatic N) is 1. The molecule has 2 aliphatic rings. The quantitative estimate of drug-likeness (QED) is 0.824. The normalized spacial score (nSPS) is 25.9. The van der Waals surface area contributed by atoms with E-state index in [1.54, 1.807) is 6.92 Å². The summed E-state index contributed by atoms with van der Waals surface area (Å²) in [5, 5.41) is 7.45. The second kappa shape index (κ2) is 7.97. The van der Waals surface area contributed by atoms with Crippen molar-refractivity contribution in [2.45, 2.75) is 63.6 Å². The lowest BCUT2D eigenvalue weighted by Crippen LogP contribution is -2.60. The zero-order valence-electron chi connectivity index (χ0n) is 14.3. The van der Waals surface area contributed by atoms with Gasteiger partial charge < -0.3 is 15.5 Å². The number of rotatable bonds is 4. The SMILES string of the molecule is CC(=O)NC1CC2CCCC(C1)N2C(=S)NCCc1ccccc1. The van der Waals surface area contributed by atoms with Gasteiger partial charge in [-0.3, -0.25) is 4.79 Å². The number of nitrogens with one attached hydrogen (secondary N) is 2. The van der Waals surface area contributed by atoms with Gasteiger partial charge >= 0.3 is 0 Å². The van der Waals surface area contributed by atoms with Crippen LogP contribution in [-0.2, 0) is 11.2 Å². The van der Waals surface area contributed by atoms with Crippen LogP contribution >= 0.6 is 12.2 Å². The van der Waals surface area contributed by atoms with Crippen LogP contribution in [0.15, 0.2) is 30.3 Å². The summed E-state index contributed by atoms with van der Waals surface area (Å²) in [6.45, 7) is 2.48. The van der Waals surface area contributed by atoms with Crippen molar-refractivity contribution in [2.24, 2.45) is 0 Å². The van der Waals surface area contributed by atoms with Gasteiger partial charge in [0.1, 0.15) is 0 Å². The smallest absolute Gasteiger partial charge is 0.217 e. The molecule has 1 amide bonds. The maximum atomic E-state index is 11.4. The van der Waals surface area contributed by atoms with E-state index in [1.807, 2.05) is 6.07 Å². The monoisotopic (exact) mass is 345 g/mol. The summed E-state index contributed by atoms with van der Waals surface area (Å²) < 4.78 is 0. The Balaban J connectivity index is 1.53. The van der Waals surface area contributed by atoms with E-state index in [1.165, 1.54) is 24.8 Å². The number of carbonyl (C=O) groups excluding carboxylic acids is 1. The molecule has 24 heavy (non-hydrogen) atoms. The van der Waals surface area contributed by atoms with Crippen molar-refractivity contribution in [1.29, 1.82) is 0 Å². The highest BCUT2D eigenvalue weighted by Crippen LogP contribution is 2.34. The van der Waals surface area contributed by atoms with E-state index in [0.29, 0.717) is 18.1 Å². The molecule has 2 unspecified atom stereocenters. The van der Waals surface area contributed by atoms with Gasteiger partial charge in [0.15, 0.2) is 5.11 Å². The van der Waals surface area contributed by atoms with E-state index in [9.17, 15) is 4.79 Å². The predicted octanol–water partition coefficient (Wildman–Crippen LogP) is 2.63. The molecule has 2 fully saturated rings. The first kappa shape index (κ1) is 17.2. The number of fused-ring (bicyclic) bond motifs is 2. The van der Waals surface area contributed by atoms with Crippen molar-refractivity contribution in [3.8, 4) is 0 Å². The highest BCUT2D eigenvalue weighted by atomic mass is 32.1. The molecule has 2 N–H and O–H groups in total. The number of carbonyl (C=O) groups is 1. The summed E-state index contributed by atoms with van der Waals surface area (Å²) in [6.07, 6.45) is 6.62. The molecule has 2 aliphatic heterocycles. The van der Waals surface area contributed by atoms with Gasteiger partial charge in [0.2, 0.25) is 5.91 Å². The summed E-state index contributed by atoms with van der Waals surface area (Å²) in [4.78, 5) is 13.8. The molecule has 3 rings (SSSR count). The zero-order valence-corrected chi connectivity index (χ0v) is 15.1. The Hall–Kier alpha value is -1.62. The van der Waals surface area contributed by atoms with Gasteiger partial charge in [-0.1, -0.05) is 30.3 Å². The first-order valence-corrected chi connectivity index (χ1v) is 9.41. The third-order valence-electron chi connectivity index (χ3n) is 5.15. The van der Waals surface area contributed by atoms with E-state index in [0.717, 1.165) is 30.9 Å². The van der Waals surface area contributed by atoms with Crippen LogP contribution in [0.25, 0.3) is 0 Å². The van der Waals surface area contributed by atoms with Crippen LogP contribution in [0, 0.1) is 0 Å². The summed E-state index contributed by atoms with van der Waals surface area (Å²) in [6, 6.07) is 11.7. The number of piperidine rings is 2. The van der Waals surface area contributed by atoms with Gasteiger partial charge in [-0.2, -0.15) is 0 Å². The van der Waals surface area contributed by atoms with E-state index in [2.05, 4.69) is 39.8 Å². The Kier molecular flexibility index (Phi) is 5.72. The van der Waals surface area contributed by atoms with Crippen LogP contribution in [0.3, 0.4) is 0 Å². The molecule has 4 nitrogen and oxygen atoms in total. The maximum absolute atomic E-state index is 11.4. The molecular weight excluding hydrogens is 318 g/mol. The third kappa shape index (κ3) is 4.26. The molecule has 2 bridgehead atoms. The van der Waals surface area contributed by atoms with Gasteiger partial charge in [0.05, 0.1) is 0 Å². The lowest BCUT2D eigenvalue weighted by molar-refractivity contribution is -0.120. The molecule has 2 heterocycles. The van der Waals surface area contributed by atoms with Crippen LogP contribution < -0.4 is 10.6 Å². The number of hydrogen-bond acceptors (Lipinski definition) is 2. The molecule has 130 valence electrons. The fourth-order valence-corrected chi connectivity index (χ4v) is 4.57. The zero-order chi connectivity index (χ0) is 16.9. The molecule has 0 aromatic heterocycles. The van der Waals surface area contributed by atoms with Gasteiger partial charge in [0.25, 0.3) is 0 Å². The lowest BCUT2D eigenvalue weighted by Gasteiger charge is -2.50. The first-order chi connectivity index (χ1) is 11.6. The van der Waals surface area contributed by atoms with Crippen LogP contribution in [0.5, 0.6) is 0 Å². The van der Waals surface area contributed by atoms with Crippen molar-refractivity contribution in [3.63, 3.8) is 0 Å². The number of benzene rings is 1. The van der Waals surface area contributed by atoms with Crippen molar-refractivity contribution in [2.75, 3.05) is 6.54 Å². The summed E-state index contributed by atoms with van der Waals surface area (Å²) >= 11 is 5.70. The van der Waals surface area contributed by atoms with Gasteiger partial charge in [0, 0.05) is 31.6 Å². The average molecular weight is 346 g/mol. The van der Waals surface area contributed by atoms with Crippen molar-refractivity contribution in [1.82, 2.24) is 15.5 Å². The second-order valence-electron chi connectivity index (χ2n) is 6.98. The third-order valence-corrected chi connectivity index (χ3v) is 5.50. The fraction of sp³-hybridized carbons (Fsp3) is 0.579. The molecule has 0 saturated carbocycles. The molecule has 2 atom stereocenters. The minimum Gasteiger partial charge on any atom is -0.362 e. The second-order valence-corrected chi connectivity index (χ2v) is 7.37. The summed E-state index contributed by atoms with van der Waals surface area (Å²) in [5.74, 6) is 0.0788. The molecule has 0 spiro atoms. The van der Waals surface area contributed by atoms with Crippen molar-refractivity contribution >= 4 is 23.2 Å².